The highest BCUT2D eigenvalue weighted by atomic mass is 16.2. The van der Waals surface area contributed by atoms with Crippen molar-refractivity contribution in [2.75, 3.05) is 28.2 Å². The summed E-state index contributed by atoms with van der Waals surface area (Å²) in [5.41, 5.74) is 1.50. The van der Waals surface area contributed by atoms with Gasteiger partial charge in [-0.3, -0.25) is 0 Å². The first-order valence-corrected chi connectivity index (χ1v) is 5.99. The minimum atomic E-state index is -0.329. The van der Waals surface area contributed by atoms with E-state index in [2.05, 4.69) is 9.98 Å². The molecule has 1 aromatic heterocycles. The van der Waals surface area contributed by atoms with Gasteiger partial charge in [-0.05, 0) is 12.1 Å². The molecule has 0 fully saturated rings. The highest BCUT2D eigenvalue weighted by molar-refractivity contribution is 5.93. The van der Waals surface area contributed by atoms with Crippen LogP contribution in [0.1, 0.15) is 11.4 Å². The van der Waals surface area contributed by atoms with Gasteiger partial charge < -0.3 is 14.4 Å². The summed E-state index contributed by atoms with van der Waals surface area (Å²) in [6.45, 7) is 0. The first-order chi connectivity index (χ1) is 9.32. The smallest absolute Gasteiger partial charge is 0.342 e. The van der Waals surface area contributed by atoms with E-state index in [9.17, 15) is 9.59 Å². The lowest BCUT2D eigenvalue weighted by atomic mass is 10.4. The average molecular weight is 277 g/mol. The molecule has 7 heteroatoms. The number of nitrogens with zero attached hydrogens (tertiary/aromatic N) is 5. The van der Waals surface area contributed by atoms with E-state index in [1.165, 1.54) is 22.2 Å². The number of aliphatic imine (C=N–C) groups is 2. The zero-order valence-electron chi connectivity index (χ0n) is 12.4. The second kappa shape index (κ2) is 6.65. The Morgan fingerprint density at radius 3 is 1.60 bits per heavy atom. The summed E-state index contributed by atoms with van der Waals surface area (Å²) in [6, 6.07) is 2.94. The fourth-order valence-electron chi connectivity index (χ4n) is 1.28. The fraction of sp³-hybridized carbons (Fsp3) is 0.385. The molecule has 0 aliphatic carbocycles. The monoisotopic (exact) mass is 277 g/mol. The van der Waals surface area contributed by atoms with Crippen molar-refractivity contribution in [2.45, 2.75) is 0 Å². The molecule has 1 heterocycles. The van der Waals surface area contributed by atoms with Gasteiger partial charge in [0.2, 0.25) is 0 Å². The molecule has 4 amide bonds. The maximum absolute atomic E-state index is 11.4. The number of carbonyl (C=O) groups excluding carboxylic acids is 2. The topological polar surface area (TPSA) is 70.3 Å². The van der Waals surface area contributed by atoms with Crippen LogP contribution in [-0.2, 0) is 7.05 Å². The van der Waals surface area contributed by atoms with E-state index in [0.29, 0.717) is 0 Å². The predicted octanol–water partition coefficient (Wildman–Crippen LogP) is 1.23. The molecule has 1 rings (SSSR count). The van der Waals surface area contributed by atoms with E-state index in [4.69, 9.17) is 0 Å². The van der Waals surface area contributed by atoms with Crippen molar-refractivity contribution in [1.29, 1.82) is 0 Å². The highest BCUT2D eigenvalue weighted by Gasteiger charge is 2.04. The van der Waals surface area contributed by atoms with Gasteiger partial charge in [0, 0.05) is 35.2 Å². The van der Waals surface area contributed by atoms with Gasteiger partial charge in [-0.2, -0.15) is 9.98 Å². The second-order valence-corrected chi connectivity index (χ2v) is 4.61. The van der Waals surface area contributed by atoms with Gasteiger partial charge in [-0.25, -0.2) is 9.59 Å². The van der Waals surface area contributed by atoms with Gasteiger partial charge in [-0.15, -0.1) is 0 Å². The van der Waals surface area contributed by atoms with E-state index in [0.717, 1.165) is 11.4 Å². The minimum Gasteiger partial charge on any atom is -0.342 e. The van der Waals surface area contributed by atoms with Crippen molar-refractivity contribution in [3.8, 4) is 0 Å². The number of hydrogen-bond acceptors (Lipinski definition) is 2. The quantitative estimate of drug-likeness (QED) is 0.763. The van der Waals surface area contributed by atoms with Gasteiger partial charge in [0.25, 0.3) is 0 Å². The first kappa shape index (κ1) is 15.6. The summed E-state index contributed by atoms with van der Waals surface area (Å²) in [5, 5.41) is 0. The molecule has 0 saturated heterocycles. The minimum absolute atomic E-state index is 0.329. The molecule has 0 aromatic carbocycles. The van der Waals surface area contributed by atoms with Crippen LogP contribution >= 0.6 is 0 Å². The fourth-order valence-corrected chi connectivity index (χ4v) is 1.28. The van der Waals surface area contributed by atoms with Crippen LogP contribution in [0.25, 0.3) is 0 Å². The summed E-state index contributed by atoms with van der Waals surface area (Å²) < 4.78 is 1.79. The van der Waals surface area contributed by atoms with E-state index < -0.39 is 0 Å². The van der Waals surface area contributed by atoms with Gasteiger partial charge in [0.1, 0.15) is 0 Å². The average Bonchev–Trinajstić information content (AvgIpc) is 2.73. The standard InChI is InChI=1S/C13H19N5O2/c1-16(2)12(19)14-8-10-6-7-11(18(10)5)9-15-13(20)17(3)4/h6-9H,1-5H3/b14-8+,15-9+. The Morgan fingerprint density at radius 2 is 1.30 bits per heavy atom. The number of urea groups is 2. The normalized spacial score (nSPS) is 11.2. The Bertz CT molecular complexity index is 508. The van der Waals surface area contributed by atoms with Crippen LogP contribution in [-0.4, -0.2) is 67.0 Å². The lowest BCUT2D eigenvalue weighted by molar-refractivity contribution is 0.226. The molecule has 0 aliphatic heterocycles. The zero-order chi connectivity index (χ0) is 15.3. The summed E-state index contributed by atoms with van der Waals surface area (Å²) in [5.74, 6) is 0. The summed E-state index contributed by atoms with van der Waals surface area (Å²) in [7, 11) is 8.35. The Kier molecular flexibility index (Phi) is 5.19. The van der Waals surface area contributed by atoms with Crippen molar-refractivity contribution < 1.29 is 9.59 Å². The molecule has 20 heavy (non-hydrogen) atoms. The van der Waals surface area contributed by atoms with Crippen LogP contribution in [0, 0.1) is 0 Å². The molecule has 0 radical (unpaired) electrons. The number of aromatic nitrogens is 1. The predicted molar refractivity (Wildman–Crippen MR) is 78.8 cm³/mol. The van der Waals surface area contributed by atoms with Crippen LogP contribution in [0.3, 0.4) is 0 Å². The van der Waals surface area contributed by atoms with E-state index in [1.807, 2.05) is 7.05 Å². The van der Waals surface area contributed by atoms with Gasteiger partial charge in [0.15, 0.2) is 0 Å². The lowest BCUT2D eigenvalue weighted by Crippen LogP contribution is -2.18. The summed E-state index contributed by atoms with van der Waals surface area (Å²) in [4.78, 5) is 33.1. The van der Waals surface area contributed by atoms with Crippen LogP contribution in [0.5, 0.6) is 0 Å². The Morgan fingerprint density at radius 1 is 0.950 bits per heavy atom. The van der Waals surface area contributed by atoms with Gasteiger partial charge in [-0.1, -0.05) is 0 Å². The second-order valence-electron chi connectivity index (χ2n) is 4.61. The van der Waals surface area contributed by atoms with Crippen molar-refractivity contribution in [1.82, 2.24) is 14.4 Å². The molecular weight excluding hydrogens is 258 g/mol. The molecule has 0 N–H and O–H groups in total. The first-order valence-electron chi connectivity index (χ1n) is 5.99. The molecule has 1 aromatic rings. The molecule has 108 valence electrons. The number of hydrogen-bond donors (Lipinski definition) is 0. The third-order valence-electron chi connectivity index (χ3n) is 2.58. The van der Waals surface area contributed by atoms with E-state index >= 15 is 0 Å². The molecule has 0 saturated carbocycles. The van der Waals surface area contributed by atoms with Gasteiger partial charge >= 0.3 is 12.1 Å². The van der Waals surface area contributed by atoms with Crippen molar-refractivity contribution in [2.24, 2.45) is 17.0 Å². The van der Waals surface area contributed by atoms with Crippen LogP contribution in [0.15, 0.2) is 22.1 Å². The largest absolute Gasteiger partial charge is 0.343 e. The zero-order valence-corrected chi connectivity index (χ0v) is 12.4. The van der Waals surface area contributed by atoms with Crippen LogP contribution < -0.4 is 0 Å². The number of amides is 4. The third-order valence-corrected chi connectivity index (χ3v) is 2.58. The van der Waals surface area contributed by atoms with Crippen LogP contribution in [0.4, 0.5) is 9.59 Å². The molecular formula is C13H19N5O2. The molecule has 0 bridgehead atoms. The Hall–Kier alpha value is -2.44. The summed E-state index contributed by atoms with van der Waals surface area (Å²) in [6.07, 6.45) is 2.96. The maximum atomic E-state index is 11.4. The molecule has 7 nitrogen and oxygen atoms in total. The highest BCUT2D eigenvalue weighted by Crippen LogP contribution is 2.03. The lowest BCUT2D eigenvalue weighted by Gasteiger charge is -2.05. The van der Waals surface area contributed by atoms with Gasteiger partial charge in [0.05, 0.1) is 23.8 Å². The molecule has 0 aliphatic rings. The Labute approximate surface area is 118 Å². The summed E-state index contributed by atoms with van der Waals surface area (Å²) >= 11 is 0. The SMILES string of the molecule is CN(C)C(=O)/N=C/c1ccc(/C=N/C(=O)N(C)C)n1C. The number of carbonyl (C=O) groups is 2. The van der Waals surface area contributed by atoms with Crippen molar-refractivity contribution in [3.63, 3.8) is 0 Å². The van der Waals surface area contributed by atoms with Crippen molar-refractivity contribution >= 4 is 24.5 Å². The molecule has 0 spiro atoms. The van der Waals surface area contributed by atoms with E-state index in [1.54, 1.807) is 44.9 Å². The third kappa shape index (κ3) is 4.04. The Balaban J connectivity index is 2.85. The van der Waals surface area contributed by atoms with E-state index in [-0.39, 0.29) is 12.1 Å². The number of rotatable bonds is 2. The van der Waals surface area contributed by atoms with Crippen molar-refractivity contribution in [3.05, 3.63) is 23.5 Å². The maximum Gasteiger partial charge on any atom is 0.343 e. The molecule has 0 unspecified atom stereocenters. The van der Waals surface area contributed by atoms with Crippen LogP contribution in [0.2, 0.25) is 0 Å². The molecule has 0 atom stereocenters.